The van der Waals surface area contributed by atoms with Gasteiger partial charge in [0.1, 0.15) is 5.69 Å². The first kappa shape index (κ1) is 11.3. The Balaban J connectivity index is 2.24. The summed E-state index contributed by atoms with van der Waals surface area (Å²) in [5.41, 5.74) is 1.28. The Hall–Kier alpha value is -1.16. The second-order valence-electron chi connectivity index (χ2n) is 4.24. The van der Waals surface area contributed by atoms with Gasteiger partial charge in [0.15, 0.2) is 0 Å². The molecule has 16 heavy (non-hydrogen) atoms. The zero-order valence-electron chi connectivity index (χ0n) is 9.02. The number of alkyl halides is 1. The highest BCUT2D eigenvalue weighted by Gasteiger charge is 2.32. The first-order valence-corrected chi connectivity index (χ1v) is 5.76. The minimum Gasteiger partial charge on any atom is -0.258 e. The average Bonchev–Trinajstić information content (AvgIpc) is 2.99. The number of rotatable bonds is 4. The molecule has 0 aromatic carbocycles. The predicted octanol–water partition coefficient (Wildman–Crippen LogP) is 2.86. The third-order valence-electron chi connectivity index (χ3n) is 2.91. The van der Waals surface area contributed by atoms with E-state index in [9.17, 15) is 10.1 Å². The lowest BCUT2D eigenvalue weighted by Gasteiger charge is -2.08. The minimum atomic E-state index is -0.367. The van der Waals surface area contributed by atoms with Crippen LogP contribution >= 0.6 is 11.6 Å². The molecule has 1 aromatic heterocycles. The van der Waals surface area contributed by atoms with Crippen molar-refractivity contribution in [3.05, 3.63) is 33.6 Å². The zero-order chi connectivity index (χ0) is 11.7. The molecule has 0 saturated heterocycles. The molecule has 0 radical (unpaired) electrons. The number of nitro groups is 1. The Labute approximate surface area is 98.8 Å². The van der Waals surface area contributed by atoms with Gasteiger partial charge < -0.3 is 0 Å². The summed E-state index contributed by atoms with van der Waals surface area (Å²) in [5.74, 6) is 0.517. The fourth-order valence-corrected chi connectivity index (χ4v) is 2.21. The lowest BCUT2D eigenvalue weighted by Crippen LogP contribution is -2.10. The molecule has 0 amide bonds. The topological polar surface area (TPSA) is 56.0 Å². The van der Waals surface area contributed by atoms with E-state index in [0.29, 0.717) is 23.6 Å². The first-order valence-electron chi connectivity index (χ1n) is 5.32. The van der Waals surface area contributed by atoms with Crippen LogP contribution in [0.2, 0.25) is 0 Å². The number of nitrogens with zero attached hydrogens (tertiary/aromatic N) is 2. The monoisotopic (exact) mass is 240 g/mol. The summed E-state index contributed by atoms with van der Waals surface area (Å²) in [4.78, 5) is 14.6. The van der Waals surface area contributed by atoms with Gasteiger partial charge >= 0.3 is 0 Å². The van der Waals surface area contributed by atoms with Crippen molar-refractivity contribution in [3.8, 4) is 0 Å². The molecule has 0 spiro atoms. The van der Waals surface area contributed by atoms with Crippen molar-refractivity contribution < 1.29 is 4.92 Å². The lowest BCUT2D eigenvalue weighted by atomic mass is 10.1. The van der Waals surface area contributed by atoms with Crippen molar-refractivity contribution in [2.75, 3.05) is 0 Å². The van der Waals surface area contributed by atoms with Gasteiger partial charge in [-0.25, -0.2) is 0 Å². The van der Waals surface area contributed by atoms with E-state index in [1.807, 2.05) is 0 Å². The summed E-state index contributed by atoms with van der Waals surface area (Å²) >= 11 is 6.18. The predicted molar refractivity (Wildman–Crippen MR) is 61.7 cm³/mol. The molecule has 1 aliphatic rings. The molecule has 1 atom stereocenters. The summed E-state index contributed by atoms with van der Waals surface area (Å²) in [6, 6.07) is 1.65. The van der Waals surface area contributed by atoms with Crippen LogP contribution in [0.4, 0.5) is 5.69 Å². The van der Waals surface area contributed by atoms with E-state index < -0.39 is 0 Å². The van der Waals surface area contributed by atoms with Crippen molar-refractivity contribution in [2.45, 2.75) is 31.6 Å². The van der Waals surface area contributed by atoms with Gasteiger partial charge in [-0.05, 0) is 31.7 Å². The Kier molecular flexibility index (Phi) is 3.10. The van der Waals surface area contributed by atoms with E-state index in [0.717, 1.165) is 12.8 Å². The highest BCUT2D eigenvalue weighted by molar-refractivity contribution is 6.21. The van der Waals surface area contributed by atoms with Crippen LogP contribution in [0.3, 0.4) is 0 Å². The fourth-order valence-electron chi connectivity index (χ4n) is 1.81. The molecule has 1 fully saturated rings. The Morgan fingerprint density at radius 3 is 2.94 bits per heavy atom. The van der Waals surface area contributed by atoms with Gasteiger partial charge in [-0.1, -0.05) is 0 Å². The highest BCUT2D eigenvalue weighted by atomic mass is 35.5. The summed E-state index contributed by atoms with van der Waals surface area (Å²) in [6.07, 6.45) is 4.36. The van der Waals surface area contributed by atoms with E-state index >= 15 is 0 Å². The third-order valence-corrected chi connectivity index (χ3v) is 3.42. The molecule has 1 aliphatic carbocycles. The van der Waals surface area contributed by atoms with Gasteiger partial charge in [0, 0.05) is 23.6 Å². The molecule has 4 nitrogen and oxygen atoms in total. The lowest BCUT2D eigenvalue weighted by molar-refractivity contribution is -0.386. The van der Waals surface area contributed by atoms with Gasteiger partial charge in [0.05, 0.1) is 4.92 Å². The number of aromatic nitrogens is 1. The molecular formula is C11H13ClN2O2. The van der Waals surface area contributed by atoms with Crippen molar-refractivity contribution in [1.29, 1.82) is 0 Å². The van der Waals surface area contributed by atoms with Crippen molar-refractivity contribution in [1.82, 2.24) is 4.98 Å². The zero-order valence-corrected chi connectivity index (χ0v) is 9.78. The van der Waals surface area contributed by atoms with E-state index in [4.69, 9.17) is 11.6 Å². The van der Waals surface area contributed by atoms with E-state index in [1.54, 1.807) is 19.2 Å². The van der Waals surface area contributed by atoms with Crippen LogP contribution in [0, 0.1) is 23.0 Å². The number of hydrogen-bond donors (Lipinski definition) is 0. The Morgan fingerprint density at radius 2 is 2.38 bits per heavy atom. The largest absolute Gasteiger partial charge is 0.293 e. The number of halogens is 1. The summed E-state index contributed by atoms with van der Waals surface area (Å²) in [6.45, 7) is 1.73. The number of pyridine rings is 1. The van der Waals surface area contributed by atoms with Crippen LogP contribution in [0.25, 0.3) is 0 Å². The van der Waals surface area contributed by atoms with Crippen LogP contribution in [0.5, 0.6) is 0 Å². The van der Waals surface area contributed by atoms with Crippen molar-refractivity contribution in [3.63, 3.8) is 0 Å². The molecule has 2 rings (SSSR count). The van der Waals surface area contributed by atoms with Crippen LogP contribution in [-0.2, 0) is 6.42 Å². The number of hydrogen-bond acceptors (Lipinski definition) is 3. The maximum absolute atomic E-state index is 10.9. The normalized spacial score (nSPS) is 17.1. The molecule has 1 saturated carbocycles. The van der Waals surface area contributed by atoms with Gasteiger partial charge in [0.2, 0.25) is 0 Å². The second-order valence-corrected chi connectivity index (χ2v) is 4.80. The maximum Gasteiger partial charge on any atom is 0.293 e. The van der Waals surface area contributed by atoms with Crippen LogP contribution in [0.15, 0.2) is 12.3 Å². The quantitative estimate of drug-likeness (QED) is 0.462. The van der Waals surface area contributed by atoms with Crippen LogP contribution < -0.4 is 0 Å². The number of aryl methyl sites for hydroxylation is 1. The Morgan fingerprint density at radius 1 is 1.69 bits per heavy atom. The first-order chi connectivity index (χ1) is 7.59. The minimum absolute atomic E-state index is 0.0204. The van der Waals surface area contributed by atoms with Crippen molar-refractivity contribution >= 4 is 17.3 Å². The van der Waals surface area contributed by atoms with Crippen molar-refractivity contribution in [2.24, 2.45) is 5.92 Å². The molecule has 0 N–H and O–H groups in total. The van der Waals surface area contributed by atoms with Gasteiger partial charge in [0.25, 0.3) is 5.69 Å². The smallest absolute Gasteiger partial charge is 0.258 e. The molecule has 86 valence electrons. The van der Waals surface area contributed by atoms with Gasteiger partial charge in [-0.3, -0.25) is 15.1 Å². The summed E-state index contributed by atoms with van der Waals surface area (Å²) < 4.78 is 0. The molecule has 5 heteroatoms. The Bertz CT molecular complexity index is 418. The highest BCUT2D eigenvalue weighted by Crippen LogP contribution is 2.38. The third kappa shape index (κ3) is 2.32. The van der Waals surface area contributed by atoms with Gasteiger partial charge in [-0.15, -0.1) is 11.6 Å². The summed E-state index contributed by atoms with van der Waals surface area (Å²) in [7, 11) is 0. The van der Waals surface area contributed by atoms with E-state index in [1.165, 1.54) is 0 Å². The van der Waals surface area contributed by atoms with E-state index in [-0.39, 0.29) is 16.0 Å². The molecular weight excluding hydrogens is 228 g/mol. The maximum atomic E-state index is 10.9. The summed E-state index contributed by atoms with van der Waals surface area (Å²) in [5, 5.41) is 10.9. The molecule has 1 unspecified atom stereocenters. The molecule has 1 heterocycles. The SMILES string of the molecule is Cc1ccnc(CC(Cl)C2CC2)c1[N+](=O)[O-]. The fraction of sp³-hybridized carbons (Fsp3) is 0.545. The molecule has 1 aromatic rings. The standard InChI is InChI=1S/C11H13ClN2O2/c1-7-4-5-13-10(11(7)14(15)16)6-9(12)8-2-3-8/h4-5,8-9H,2-3,6H2,1H3. The van der Waals surface area contributed by atoms with Crippen LogP contribution in [0.1, 0.15) is 24.1 Å². The average molecular weight is 241 g/mol. The second kappa shape index (κ2) is 4.37. The van der Waals surface area contributed by atoms with E-state index in [2.05, 4.69) is 4.98 Å². The molecule has 0 bridgehead atoms. The van der Waals surface area contributed by atoms with Crippen LogP contribution in [-0.4, -0.2) is 15.3 Å². The van der Waals surface area contributed by atoms with Gasteiger partial charge in [-0.2, -0.15) is 0 Å². The molecule has 0 aliphatic heterocycles.